The van der Waals surface area contributed by atoms with Gasteiger partial charge >= 0.3 is 5.97 Å². The monoisotopic (exact) mass is 474 g/mol. The molecule has 0 heterocycles. The quantitative estimate of drug-likeness (QED) is 0.116. The number of rotatable bonds is 15. The molecule has 0 unspecified atom stereocenters. The summed E-state index contributed by atoms with van der Waals surface area (Å²) in [5, 5.41) is 0. The molecule has 186 valence electrons. The summed E-state index contributed by atoms with van der Waals surface area (Å²) in [6.45, 7) is 7.13. The van der Waals surface area contributed by atoms with E-state index >= 15 is 0 Å². The number of carbonyl (C=O) groups excluding carboxylic acids is 1. The number of carbonyl (C=O) groups is 1. The van der Waals surface area contributed by atoms with Gasteiger partial charge in [0.1, 0.15) is 11.5 Å². The normalized spacial score (nSPS) is 13.2. The highest BCUT2D eigenvalue weighted by Gasteiger charge is 2.23. The fraction of sp³-hybridized carbons (Fsp3) is 0.464. The molecule has 0 aliphatic carbocycles. The molecule has 4 nitrogen and oxygen atoms in total. The zero-order valence-electron chi connectivity index (χ0n) is 20.3. The van der Waals surface area contributed by atoms with Crippen LogP contribution in [0.5, 0.6) is 11.5 Å². The molecule has 0 N–H and O–H groups in total. The van der Waals surface area contributed by atoms with Crippen molar-refractivity contribution in [2.75, 3.05) is 19.8 Å². The van der Waals surface area contributed by atoms with E-state index in [2.05, 4.69) is 19.9 Å². The Balaban J connectivity index is 1.88. The van der Waals surface area contributed by atoms with Crippen molar-refractivity contribution in [2.45, 2.75) is 58.8 Å². The number of esters is 1. The highest BCUT2D eigenvalue weighted by Crippen LogP contribution is 2.26. The van der Waals surface area contributed by atoms with Crippen molar-refractivity contribution >= 4 is 5.97 Å². The number of ether oxygens (including phenoxy) is 3. The van der Waals surface area contributed by atoms with Crippen molar-refractivity contribution in [3.63, 3.8) is 0 Å². The predicted molar refractivity (Wildman–Crippen MR) is 131 cm³/mol. The summed E-state index contributed by atoms with van der Waals surface area (Å²) in [5.41, 5.74) is 0.830. The summed E-state index contributed by atoms with van der Waals surface area (Å²) in [6, 6.07) is 12.9. The molecular weight excluding hydrogens is 438 g/mol. The Morgan fingerprint density at radius 2 is 1.62 bits per heavy atom. The number of unbranched alkanes of at least 4 members (excludes halogenated alkanes) is 3. The first kappa shape index (κ1) is 27.5. The van der Waals surface area contributed by atoms with Crippen LogP contribution in [0.4, 0.5) is 8.78 Å². The average molecular weight is 475 g/mol. The van der Waals surface area contributed by atoms with Gasteiger partial charge < -0.3 is 14.2 Å². The van der Waals surface area contributed by atoms with E-state index in [1.54, 1.807) is 36.4 Å². The van der Waals surface area contributed by atoms with Gasteiger partial charge in [-0.2, -0.15) is 0 Å². The minimum Gasteiger partial charge on any atom is -0.493 e. The van der Waals surface area contributed by atoms with Crippen LogP contribution in [0.3, 0.4) is 0 Å². The third-order valence-corrected chi connectivity index (χ3v) is 5.39. The molecule has 2 atom stereocenters. The summed E-state index contributed by atoms with van der Waals surface area (Å²) < 4.78 is 43.7. The van der Waals surface area contributed by atoms with E-state index in [1.165, 1.54) is 12.1 Å². The fourth-order valence-corrected chi connectivity index (χ4v) is 3.40. The largest absolute Gasteiger partial charge is 0.493 e. The van der Waals surface area contributed by atoms with E-state index < -0.39 is 18.3 Å². The van der Waals surface area contributed by atoms with Gasteiger partial charge in [0, 0.05) is 12.5 Å². The van der Waals surface area contributed by atoms with Gasteiger partial charge in [-0.05, 0) is 55.3 Å². The predicted octanol–water partition coefficient (Wildman–Crippen LogP) is 7.44. The average Bonchev–Trinajstić information content (AvgIpc) is 2.83. The molecule has 0 radical (unpaired) electrons. The lowest BCUT2D eigenvalue weighted by Gasteiger charge is -2.17. The number of halogens is 2. The summed E-state index contributed by atoms with van der Waals surface area (Å²) in [4.78, 5) is 12.4. The topological polar surface area (TPSA) is 44.8 Å². The standard InChI is InChI=1S/C28H36F2O4/c1-4-6-7-8-18-32-20-26(27(29)30)22-10-16-25(17-11-22)34-28(31)23-12-14-24(15-13-23)33-19-21(3)9-5-2/h5,9-17,21,26-27H,4,6-8,18-20H2,1-3H3/b9-5+/t21-,26-/m0/s1. The first-order valence-electron chi connectivity index (χ1n) is 12.0. The lowest BCUT2D eigenvalue weighted by Crippen LogP contribution is -2.16. The van der Waals surface area contributed by atoms with Gasteiger partial charge in [0.05, 0.1) is 24.7 Å². The summed E-state index contributed by atoms with van der Waals surface area (Å²) >= 11 is 0. The van der Waals surface area contributed by atoms with E-state index in [-0.39, 0.29) is 6.61 Å². The Kier molecular flexibility index (Phi) is 12.3. The Bertz CT molecular complexity index is 863. The molecule has 0 aromatic heterocycles. The molecule has 2 aromatic rings. The van der Waals surface area contributed by atoms with Crippen molar-refractivity contribution in [3.8, 4) is 11.5 Å². The summed E-state index contributed by atoms with van der Waals surface area (Å²) in [7, 11) is 0. The summed E-state index contributed by atoms with van der Waals surface area (Å²) in [6.07, 6.45) is 5.66. The van der Waals surface area contributed by atoms with Crippen molar-refractivity contribution < 1.29 is 27.8 Å². The van der Waals surface area contributed by atoms with E-state index in [1.807, 2.05) is 13.0 Å². The maximum Gasteiger partial charge on any atom is 0.343 e. The van der Waals surface area contributed by atoms with Crippen LogP contribution in [0.25, 0.3) is 0 Å². The van der Waals surface area contributed by atoms with E-state index in [4.69, 9.17) is 14.2 Å². The second-order valence-electron chi connectivity index (χ2n) is 8.37. The van der Waals surface area contributed by atoms with Crippen LogP contribution in [0.15, 0.2) is 60.7 Å². The highest BCUT2D eigenvalue weighted by atomic mass is 19.3. The minimum absolute atomic E-state index is 0.0368. The van der Waals surface area contributed by atoms with Gasteiger partial charge in [-0.1, -0.05) is 57.4 Å². The van der Waals surface area contributed by atoms with Crippen molar-refractivity contribution in [3.05, 3.63) is 71.8 Å². The molecule has 0 spiro atoms. The van der Waals surface area contributed by atoms with Gasteiger partial charge in [0.15, 0.2) is 0 Å². The number of benzene rings is 2. The molecule has 0 fully saturated rings. The molecule has 2 aromatic carbocycles. The van der Waals surface area contributed by atoms with Crippen LogP contribution in [0.2, 0.25) is 0 Å². The third kappa shape index (κ3) is 9.64. The lowest BCUT2D eigenvalue weighted by atomic mass is 10.0. The van der Waals surface area contributed by atoms with E-state index in [0.29, 0.717) is 41.8 Å². The van der Waals surface area contributed by atoms with Gasteiger partial charge in [0.25, 0.3) is 0 Å². The lowest BCUT2D eigenvalue weighted by molar-refractivity contribution is 0.0422. The van der Waals surface area contributed by atoms with Crippen molar-refractivity contribution in [1.29, 1.82) is 0 Å². The Morgan fingerprint density at radius 1 is 0.941 bits per heavy atom. The molecule has 0 saturated heterocycles. The number of alkyl halides is 2. The van der Waals surface area contributed by atoms with Crippen LogP contribution >= 0.6 is 0 Å². The maximum atomic E-state index is 13.5. The first-order valence-corrected chi connectivity index (χ1v) is 12.0. The Hall–Kier alpha value is -2.73. The molecular formula is C28H36F2O4. The Morgan fingerprint density at radius 3 is 2.24 bits per heavy atom. The van der Waals surface area contributed by atoms with Crippen molar-refractivity contribution in [1.82, 2.24) is 0 Å². The molecule has 6 heteroatoms. The Labute approximate surface area is 201 Å². The maximum absolute atomic E-state index is 13.5. The molecule has 34 heavy (non-hydrogen) atoms. The third-order valence-electron chi connectivity index (χ3n) is 5.39. The number of hydrogen-bond donors (Lipinski definition) is 0. The zero-order chi connectivity index (χ0) is 24.8. The molecule has 0 saturated carbocycles. The van der Waals surface area contributed by atoms with Gasteiger partial charge in [0.2, 0.25) is 6.43 Å². The smallest absolute Gasteiger partial charge is 0.343 e. The molecule has 0 aliphatic rings. The minimum atomic E-state index is -2.54. The summed E-state index contributed by atoms with van der Waals surface area (Å²) in [5.74, 6) is -0.285. The van der Waals surface area contributed by atoms with Gasteiger partial charge in [-0.15, -0.1) is 0 Å². The number of hydrogen-bond acceptors (Lipinski definition) is 4. The van der Waals surface area contributed by atoms with Crippen LogP contribution in [-0.2, 0) is 4.74 Å². The van der Waals surface area contributed by atoms with Crippen molar-refractivity contribution in [2.24, 2.45) is 5.92 Å². The molecule has 0 bridgehead atoms. The van der Waals surface area contributed by atoms with E-state index in [0.717, 1.165) is 25.7 Å². The van der Waals surface area contributed by atoms with Gasteiger partial charge in [-0.3, -0.25) is 0 Å². The molecule has 2 rings (SSSR count). The van der Waals surface area contributed by atoms with E-state index in [9.17, 15) is 13.6 Å². The van der Waals surface area contributed by atoms with Crippen LogP contribution in [0.1, 0.15) is 68.3 Å². The second kappa shape index (κ2) is 15.2. The van der Waals surface area contributed by atoms with Gasteiger partial charge in [-0.25, -0.2) is 13.6 Å². The van der Waals surface area contributed by atoms with Crippen LogP contribution in [0, 0.1) is 5.92 Å². The molecule has 0 amide bonds. The fourth-order valence-electron chi connectivity index (χ4n) is 3.40. The first-order chi connectivity index (χ1) is 16.4. The highest BCUT2D eigenvalue weighted by molar-refractivity contribution is 5.91. The van der Waals surface area contributed by atoms with Crippen LogP contribution in [-0.4, -0.2) is 32.2 Å². The molecule has 0 aliphatic heterocycles. The van der Waals surface area contributed by atoms with Crippen LogP contribution < -0.4 is 9.47 Å². The number of allylic oxidation sites excluding steroid dienone is 1. The SMILES string of the molecule is C/C=C/[C@H](C)COc1ccc(C(=O)Oc2ccc([C@H](COCCCCCC)C(F)F)cc2)cc1. The zero-order valence-corrected chi connectivity index (χ0v) is 20.3. The second-order valence-corrected chi connectivity index (χ2v) is 8.37.